The Bertz CT molecular complexity index is 672. The summed E-state index contributed by atoms with van der Waals surface area (Å²) in [5.74, 6) is 0. The van der Waals surface area contributed by atoms with Crippen molar-refractivity contribution in [1.29, 1.82) is 0 Å². The molecule has 3 nitrogen and oxygen atoms in total. The van der Waals surface area contributed by atoms with Crippen LogP contribution >= 0.6 is 0 Å². The molecule has 20 heavy (non-hydrogen) atoms. The molecule has 3 aromatic rings. The quantitative estimate of drug-likeness (QED) is 0.720. The maximum Gasteiger partial charge on any atom is 0.296 e. The smallest absolute Gasteiger partial charge is 0.296 e. The summed E-state index contributed by atoms with van der Waals surface area (Å²) in [7, 11) is 1.64. The summed E-state index contributed by atoms with van der Waals surface area (Å²) in [5, 5.41) is 0. The minimum atomic E-state index is 0.636. The predicted molar refractivity (Wildman–Crippen MR) is 79.8 cm³/mol. The number of rotatable bonds is 4. The number of hydrogen-bond donors (Lipinski definition) is 0. The molecule has 0 aliphatic rings. The second-order valence-electron chi connectivity index (χ2n) is 4.60. The zero-order valence-corrected chi connectivity index (χ0v) is 11.4. The lowest BCUT2D eigenvalue weighted by molar-refractivity contribution is 0.361. The van der Waals surface area contributed by atoms with Crippen LogP contribution < -0.4 is 4.74 Å². The van der Waals surface area contributed by atoms with Gasteiger partial charge in [-0.3, -0.25) is 4.57 Å². The van der Waals surface area contributed by atoms with Gasteiger partial charge in [-0.1, -0.05) is 54.6 Å². The summed E-state index contributed by atoms with van der Waals surface area (Å²) in [5.41, 5.74) is 3.69. The average molecular weight is 264 g/mol. The monoisotopic (exact) mass is 264 g/mol. The van der Waals surface area contributed by atoms with Crippen molar-refractivity contribution in [2.45, 2.75) is 6.54 Å². The van der Waals surface area contributed by atoms with Crippen molar-refractivity contribution < 1.29 is 4.74 Å². The Kier molecular flexibility index (Phi) is 3.50. The van der Waals surface area contributed by atoms with E-state index in [2.05, 4.69) is 53.5 Å². The van der Waals surface area contributed by atoms with Gasteiger partial charge in [-0.2, -0.15) is 0 Å². The van der Waals surface area contributed by atoms with Crippen molar-refractivity contribution in [2.75, 3.05) is 7.11 Å². The standard InChI is InChI=1S/C17H16N2O/c1-20-17-18-11-12-19(17)13-14-7-9-16(10-8-14)15-5-3-2-4-6-15/h2-12H,13H2,1H3. The summed E-state index contributed by atoms with van der Waals surface area (Å²) in [6.45, 7) is 0.762. The van der Waals surface area contributed by atoms with Gasteiger partial charge in [-0.25, -0.2) is 4.98 Å². The molecule has 2 aromatic carbocycles. The van der Waals surface area contributed by atoms with E-state index in [1.807, 2.05) is 16.8 Å². The zero-order valence-electron chi connectivity index (χ0n) is 11.4. The fraction of sp³-hybridized carbons (Fsp3) is 0.118. The highest BCUT2D eigenvalue weighted by molar-refractivity contribution is 5.63. The normalized spacial score (nSPS) is 10.4. The van der Waals surface area contributed by atoms with Gasteiger partial charge >= 0.3 is 0 Å². The van der Waals surface area contributed by atoms with Crippen LogP contribution in [0.4, 0.5) is 0 Å². The van der Waals surface area contributed by atoms with Crippen LogP contribution in [-0.4, -0.2) is 16.7 Å². The maximum absolute atomic E-state index is 5.20. The van der Waals surface area contributed by atoms with Crippen LogP contribution in [0.3, 0.4) is 0 Å². The Morgan fingerprint density at radius 2 is 1.65 bits per heavy atom. The summed E-state index contributed by atoms with van der Waals surface area (Å²) >= 11 is 0. The number of methoxy groups -OCH3 is 1. The maximum atomic E-state index is 5.20. The third-order valence-corrected chi connectivity index (χ3v) is 3.27. The number of hydrogen-bond acceptors (Lipinski definition) is 2. The van der Waals surface area contributed by atoms with Crippen molar-refractivity contribution in [3.05, 3.63) is 72.6 Å². The molecule has 0 saturated heterocycles. The van der Waals surface area contributed by atoms with Crippen LogP contribution in [0.25, 0.3) is 11.1 Å². The average Bonchev–Trinajstić information content (AvgIpc) is 2.96. The summed E-state index contributed by atoms with van der Waals surface area (Å²) < 4.78 is 7.19. The van der Waals surface area contributed by atoms with Crippen molar-refractivity contribution in [2.24, 2.45) is 0 Å². The molecular weight excluding hydrogens is 248 g/mol. The molecule has 0 N–H and O–H groups in total. The van der Waals surface area contributed by atoms with Gasteiger partial charge < -0.3 is 4.74 Å². The van der Waals surface area contributed by atoms with Crippen LogP contribution in [0.2, 0.25) is 0 Å². The lowest BCUT2D eigenvalue weighted by Crippen LogP contribution is -2.01. The van der Waals surface area contributed by atoms with Crippen LogP contribution in [0.1, 0.15) is 5.56 Å². The minimum Gasteiger partial charge on any atom is -0.468 e. The number of aromatic nitrogens is 2. The Morgan fingerprint density at radius 1 is 0.950 bits per heavy atom. The van der Waals surface area contributed by atoms with Gasteiger partial charge in [0.1, 0.15) is 0 Å². The number of benzene rings is 2. The molecule has 0 atom stereocenters. The first-order valence-electron chi connectivity index (χ1n) is 6.56. The molecule has 0 aliphatic carbocycles. The Labute approximate surface area is 118 Å². The SMILES string of the molecule is COc1nccn1Cc1ccc(-c2ccccc2)cc1. The van der Waals surface area contributed by atoms with Crippen LogP contribution in [0, 0.1) is 0 Å². The molecule has 3 rings (SSSR count). The molecule has 0 saturated carbocycles. The first-order valence-corrected chi connectivity index (χ1v) is 6.56. The van der Waals surface area contributed by atoms with Gasteiger partial charge in [0.2, 0.25) is 0 Å². The first kappa shape index (κ1) is 12.5. The minimum absolute atomic E-state index is 0.636. The first-order chi connectivity index (χ1) is 9.86. The molecule has 0 spiro atoms. The molecule has 100 valence electrons. The van der Waals surface area contributed by atoms with E-state index in [0.717, 1.165) is 6.54 Å². The molecule has 3 heteroatoms. The zero-order chi connectivity index (χ0) is 13.8. The van der Waals surface area contributed by atoms with Crippen LogP contribution in [0.5, 0.6) is 6.01 Å². The molecule has 0 amide bonds. The van der Waals surface area contributed by atoms with Crippen molar-refractivity contribution in [1.82, 2.24) is 9.55 Å². The van der Waals surface area contributed by atoms with Crippen molar-refractivity contribution >= 4 is 0 Å². The second-order valence-corrected chi connectivity index (χ2v) is 4.60. The highest BCUT2D eigenvalue weighted by Crippen LogP contribution is 2.20. The van der Waals surface area contributed by atoms with Gasteiger partial charge in [0, 0.05) is 12.4 Å². The Hall–Kier alpha value is -2.55. The molecule has 0 radical (unpaired) electrons. The Morgan fingerprint density at radius 3 is 2.35 bits per heavy atom. The number of imidazole rings is 1. The van der Waals surface area contributed by atoms with Crippen LogP contribution in [0.15, 0.2) is 67.0 Å². The van der Waals surface area contributed by atoms with Gasteiger partial charge in [0.05, 0.1) is 13.7 Å². The van der Waals surface area contributed by atoms with E-state index in [1.165, 1.54) is 16.7 Å². The van der Waals surface area contributed by atoms with E-state index in [1.54, 1.807) is 13.3 Å². The molecule has 1 aromatic heterocycles. The van der Waals surface area contributed by atoms with E-state index >= 15 is 0 Å². The highest BCUT2D eigenvalue weighted by Gasteiger charge is 2.03. The van der Waals surface area contributed by atoms with Crippen molar-refractivity contribution in [3.63, 3.8) is 0 Å². The van der Waals surface area contributed by atoms with Gasteiger partial charge in [-0.15, -0.1) is 0 Å². The summed E-state index contributed by atoms with van der Waals surface area (Å²) in [6.07, 6.45) is 3.67. The fourth-order valence-electron chi connectivity index (χ4n) is 2.24. The summed E-state index contributed by atoms with van der Waals surface area (Å²) in [6, 6.07) is 19.6. The van der Waals surface area contributed by atoms with Gasteiger partial charge in [-0.05, 0) is 16.7 Å². The van der Waals surface area contributed by atoms with Crippen molar-refractivity contribution in [3.8, 4) is 17.1 Å². The molecular formula is C17H16N2O. The lowest BCUT2D eigenvalue weighted by Gasteiger charge is -2.07. The third-order valence-electron chi connectivity index (χ3n) is 3.27. The van der Waals surface area contributed by atoms with E-state index in [9.17, 15) is 0 Å². The van der Waals surface area contributed by atoms with Crippen LogP contribution in [-0.2, 0) is 6.54 Å². The van der Waals surface area contributed by atoms with E-state index < -0.39 is 0 Å². The summed E-state index contributed by atoms with van der Waals surface area (Å²) in [4.78, 5) is 4.14. The predicted octanol–water partition coefficient (Wildman–Crippen LogP) is 3.61. The van der Waals surface area contributed by atoms with E-state index in [-0.39, 0.29) is 0 Å². The molecule has 0 fully saturated rings. The number of ether oxygens (including phenoxy) is 1. The lowest BCUT2D eigenvalue weighted by atomic mass is 10.0. The van der Waals surface area contributed by atoms with Gasteiger partial charge in [0.25, 0.3) is 6.01 Å². The third kappa shape index (κ3) is 2.57. The molecule has 0 bridgehead atoms. The van der Waals surface area contributed by atoms with Gasteiger partial charge in [0.15, 0.2) is 0 Å². The molecule has 1 heterocycles. The topological polar surface area (TPSA) is 27.1 Å². The Balaban J connectivity index is 1.80. The molecule has 0 unspecified atom stereocenters. The highest BCUT2D eigenvalue weighted by atomic mass is 16.5. The number of nitrogens with zero attached hydrogens (tertiary/aromatic N) is 2. The van der Waals surface area contributed by atoms with E-state index in [4.69, 9.17) is 4.74 Å². The van der Waals surface area contributed by atoms with E-state index in [0.29, 0.717) is 6.01 Å². The second kappa shape index (κ2) is 5.61. The molecule has 0 aliphatic heterocycles. The largest absolute Gasteiger partial charge is 0.468 e. The fourth-order valence-corrected chi connectivity index (χ4v) is 2.24.